The van der Waals surface area contributed by atoms with Gasteiger partial charge in [-0.25, -0.2) is 4.57 Å². The quantitative estimate of drug-likeness (QED) is 0.0191. The minimum absolute atomic E-state index is 0.0136. The third-order valence-corrected chi connectivity index (χ3v) is 22.8. The molecule has 2 rings (SSSR count). The Kier molecular flexibility index (Phi) is 65.7. The highest BCUT2D eigenvalue weighted by molar-refractivity contribution is 7.46. The minimum atomic E-state index is -5.48. The number of likely N-dealkylation sites (tertiary alicyclic amines) is 1. The number of hydrogen-bond acceptors (Lipinski definition) is 15. The predicted octanol–water partition coefficient (Wildman–Crippen LogP) is 23.0. The van der Waals surface area contributed by atoms with E-state index in [2.05, 4.69) is 46.9 Å². The number of carbonyl (C=O) groups excluding carboxylic acids is 6. The lowest BCUT2D eigenvalue weighted by molar-refractivity contribution is -0.273. The molecule has 2 saturated heterocycles. The first-order valence-electron chi connectivity index (χ1n) is 46.0. The molecule has 640 valence electrons. The second kappa shape index (κ2) is 70.2. The van der Waals surface area contributed by atoms with E-state index >= 15 is 4.79 Å². The molecule has 0 bridgehead atoms. The van der Waals surface area contributed by atoms with Crippen molar-refractivity contribution in [3.8, 4) is 0 Å². The molecule has 0 aromatic rings. The van der Waals surface area contributed by atoms with Gasteiger partial charge in [0.2, 0.25) is 11.8 Å². The molecule has 2 unspecified atom stereocenters. The standard InChI is InChI=1S/C89H167N2O17P/c1-7-13-19-25-31-37-43-49-55-63-76(103-82(95)66-58-52-46-40-34-28-22-16-10-4)70-80(93)90-86-88(107-85(98)72-78(65-57-51-45-39-33-27-21-15-9-3)105-84(97)68-60-54-48-42-36-30-24-18-12-6)87(108-109(99,100)101)79(73-92)106-89(86)102-74-75-62-61-69-91(75)81(94)71-77(64-56-50-44-38-32-26-20-14-8-2)104-83(96)67-59-53-47-41-35-29-23-17-11-5/h75-79,86-89,92H,7-74H2,1-6H3,(H,90,93)(H2,99,100,101)/t75-,76+,77+,78+,79?,86?,87+,88+,89+/m0/s1. The van der Waals surface area contributed by atoms with E-state index in [4.69, 9.17) is 32.9 Å². The Morgan fingerprint density at radius 3 is 1.06 bits per heavy atom. The molecule has 0 spiro atoms. The fraction of sp³-hybridized carbons (Fsp3) is 0.933. The van der Waals surface area contributed by atoms with Gasteiger partial charge >= 0.3 is 31.7 Å². The Morgan fingerprint density at radius 1 is 0.413 bits per heavy atom. The number of rotatable bonds is 77. The molecule has 4 N–H and O–H groups in total. The van der Waals surface area contributed by atoms with E-state index in [1.54, 1.807) is 4.90 Å². The van der Waals surface area contributed by atoms with Gasteiger partial charge in [0, 0.05) is 25.8 Å². The number of aliphatic hydroxyl groups is 1. The molecule has 20 heteroatoms. The highest BCUT2D eigenvalue weighted by Crippen LogP contribution is 2.43. The van der Waals surface area contributed by atoms with Gasteiger partial charge in [-0.15, -0.1) is 0 Å². The number of esters is 4. The Bertz CT molecular complexity index is 2260. The topological polar surface area (TPSA) is 260 Å². The molecular formula is C89H167N2O17P. The van der Waals surface area contributed by atoms with Crippen LogP contribution in [-0.4, -0.2) is 130 Å². The van der Waals surface area contributed by atoms with E-state index in [0.29, 0.717) is 70.8 Å². The predicted molar refractivity (Wildman–Crippen MR) is 440 cm³/mol. The number of phosphoric ester groups is 1. The van der Waals surface area contributed by atoms with Crippen molar-refractivity contribution < 1.29 is 81.2 Å². The summed E-state index contributed by atoms with van der Waals surface area (Å²) in [6.07, 6.45) is 51.6. The van der Waals surface area contributed by atoms with Crippen LogP contribution in [0, 0.1) is 0 Å². The van der Waals surface area contributed by atoms with Crippen LogP contribution < -0.4 is 5.32 Å². The summed E-state index contributed by atoms with van der Waals surface area (Å²) >= 11 is 0. The summed E-state index contributed by atoms with van der Waals surface area (Å²) in [6.45, 7) is 12.6. The highest BCUT2D eigenvalue weighted by Gasteiger charge is 2.53. The van der Waals surface area contributed by atoms with Crippen LogP contribution in [0.25, 0.3) is 0 Å². The van der Waals surface area contributed by atoms with Crippen molar-refractivity contribution in [3.63, 3.8) is 0 Å². The number of aliphatic hydroxyl groups excluding tert-OH is 1. The number of unbranched alkanes of at least 4 members (excludes halogenated alkanes) is 48. The molecule has 0 aromatic heterocycles. The van der Waals surface area contributed by atoms with E-state index in [-0.39, 0.29) is 44.2 Å². The first kappa shape index (κ1) is 102. The van der Waals surface area contributed by atoms with Crippen LogP contribution in [0.1, 0.15) is 459 Å². The Balaban J connectivity index is 2.62. The fourth-order valence-electron chi connectivity index (χ4n) is 15.6. The van der Waals surface area contributed by atoms with Gasteiger partial charge in [0.15, 0.2) is 12.4 Å². The molecule has 2 fully saturated rings. The molecular weight excluding hydrogens is 1400 g/mol. The van der Waals surface area contributed by atoms with Crippen molar-refractivity contribution in [2.75, 3.05) is 19.8 Å². The zero-order valence-electron chi connectivity index (χ0n) is 70.7. The molecule has 2 aliphatic rings. The summed E-state index contributed by atoms with van der Waals surface area (Å²) in [7, 11) is -5.48. The number of carbonyl (C=O) groups is 6. The van der Waals surface area contributed by atoms with Gasteiger partial charge in [0.25, 0.3) is 0 Å². The molecule has 0 radical (unpaired) electrons. The van der Waals surface area contributed by atoms with Crippen molar-refractivity contribution >= 4 is 43.5 Å². The van der Waals surface area contributed by atoms with E-state index in [1.165, 1.54) is 167 Å². The fourth-order valence-corrected chi connectivity index (χ4v) is 16.2. The van der Waals surface area contributed by atoms with E-state index < -0.39 is 99.7 Å². The Morgan fingerprint density at radius 2 is 0.725 bits per heavy atom. The van der Waals surface area contributed by atoms with E-state index in [9.17, 15) is 43.4 Å². The summed E-state index contributed by atoms with van der Waals surface area (Å²) < 4.78 is 56.5. The number of nitrogens with zero attached hydrogens (tertiary/aromatic N) is 1. The van der Waals surface area contributed by atoms with Crippen molar-refractivity contribution in [1.29, 1.82) is 0 Å². The molecule has 0 saturated carbocycles. The van der Waals surface area contributed by atoms with E-state index in [1.807, 2.05) is 0 Å². The van der Waals surface area contributed by atoms with Crippen molar-refractivity contribution in [2.45, 2.75) is 514 Å². The van der Waals surface area contributed by atoms with Gasteiger partial charge in [-0.1, -0.05) is 350 Å². The molecule has 9 atom stereocenters. The highest BCUT2D eigenvalue weighted by atomic mass is 31.2. The van der Waals surface area contributed by atoms with Crippen molar-refractivity contribution in [3.05, 3.63) is 0 Å². The first-order chi connectivity index (χ1) is 53.0. The molecule has 109 heavy (non-hydrogen) atoms. The molecule has 19 nitrogen and oxygen atoms in total. The van der Waals surface area contributed by atoms with E-state index in [0.717, 1.165) is 154 Å². The molecule has 2 heterocycles. The third-order valence-electron chi connectivity index (χ3n) is 22.3. The zero-order valence-corrected chi connectivity index (χ0v) is 71.6. The third kappa shape index (κ3) is 55.9. The van der Waals surface area contributed by atoms with Crippen LogP contribution in [0.3, 0.4) is 0 Å². The summed E-state index contributed by atoms with van der Waals surface area (Å²) in [5, 5.41) is 14.1. The van der Waals surface area contributed by atoms with Gasteiger partial charge in [0.1, 0.15) is 36.6 Å². The number of amides is 2. The first-order valence-corrected chi connectivity index (χ1v) is 47.5. The smallest absolute Gasteiger partial charge is 0.462 e. The van der Waals surface area contributed by atoms with Gasteiger partial charge in [-0.3, -0.25) is 33.3 Å². The lowest BCUT2D eigenvalue weighted by Gasteiger charge is -2.45. The maximum Gasteiger partial charge on any atom is 0.470 e. The number of ether oxygens (including phenoxy) is 6. The SMILES string of the molecule is CCCCCCCCCCCC(=O)O[C@H](CCCCCCCCCCC)CC(=O)NC1[C@H](OC[C@@H]2CCCN2C(=O)C[C@@H](CCCCCCCCCCC)OC(=O)CCCCCCCCCCC)OC(CO)[C@@H](OP(=O)(O)O)[C@@H]1OC(=O)C[C@@H](CCCCCCCCCCC)OC(=O)CCCCCCCCCCC. The zero-order chi connectivity index (χ0) is 79.5. The molecule has 0 aromatic carbocycles. The van der Waals surface area contributed by atoms with Gasteiger partial charge in [-0.2, -0.15) is 0 Å². The number of phosphoric acid groups is 1. The minimum Gasteiger partial charge on any atom is -0.462 e. The summed E-state index contributed by atoms with van der Waals surface area (Å²) in [5.74, 6) is -2.91. The maximum atomic E-state index is 15.0. The van der Waals surface area contributed by atoms with Crippen LogP contribution in [0.4, 0.5) is 0 Å². The van der Waals surface area contributed by atoms with Gasteiger partial charge < -0.3 is 53.5 Å². The van der Waals surface area contributed by atoms with Gasteiger partial charge in [-0.05, 0) is 70.6 Å². The Labute approximate surface area is 665 Å². The van der Waals surface area contributed by atoms with Gasteiger partial charge in [0.05, 0.1) is 38.5 Å². The second-order valence-corrected chi connectivity index (χ2v) is 33.8. The van der Waals surface area contributed by atoms with Crippen LogP contribution in [0.15, 0.2) is 0 Å². The van der Waals surface area contributed by atoms with Crippen LogP contribution in [0.2, 0.25) is 0 Å². The van der Waals surface area contributed by atoms with Crippen LogP contribution >= 0.6 is 7.82 Å². The lowest BCUT2D eigenvalue weighted by atomic mass is 9.95. The monoisotopic (exact) mass is 1570 g/mol. The van der Waals surface area contributed by atoms with Crippen molar-refractivity contribution in [2.24, 2.45) is 0 Å². The largest absolute Gasteiger partial charge is 0.470 e. The summed E-state index contributed by atoms with van der Waals surface area (Å²) in [6, 6.07) is -2.10. The average Bonchev–Trinajstić information content (AvgIpc) is 0.793. The second-order valence-electron chi connectivity index (χ2n) is 32.6. The average molecular weight is 1570 g/mol. The lowest BCUT2D eigenvalue weighted by Crippen LogP contribution is -2.66. The molecule has 2 aliphatic heterocycles. The molecule has 0 aliphatic carbocycles. The van der Waals surface area contributed by atoms with Crippen LogP contribution in [-0.2, 0) is 66.3 Å². The maximum absolute atomic E-state index is 15.0. The molecule has 2 amide bonds. The summed E-state index contributed by atoms with van der Waals surface area (Å²) in [4.78, 5) is 109. The van der Waals surface area contributed by atoms with Crippen molar-refractivity contribution in [1.82, 2.24) is 10.2 Å². The number of nitrogens with one attached hydrogen (secondary N) is 1. The summed E-state index contributed by atoms with van der Waals surface area (Å²) in [5.41, 5.74) is 0. The van der Waals surface area contributed by atoms with Crippen LogP contribution in [0.5, 0.6) is 0 Å². The Hall–Kier alpha value is -3.19. The number of hydrogen-bond donors (Lipinski definition) is 4. The normalized spacial score (nSPS) is 18.2.